The number of amides is 1. The van der Waals surface area contributed by atoms with Gasteiger partial charge in [-0.25, -0.2) is 0 Å². The molecular weight excluding hydrogens is 341 g/mol. The lowest BCUT2D eigenvalue weighted by Crippen LogP contribution is -2.41. The minimum Gasteiger partial charge on any atom is -0.384 e. The average Bonchev–Trinajstić information content (AvgIpc) is 2.39. The number of piperidine rings is 1. The van der Waals surface area contributed by atoms with Crippen LogP contribution in [0.5, 0.6) is 0 Å². The van der Waals surface area contributed by atoms with Crippen LogP contribution in [0.3, 0.4) is 0 Å². The fourth-order valence-electron chi connectivity index (χ4n) is 2.43. The molecule has 0 N–H and O–H groups in total. The number of halogens is 1. The van der Waals surface area contributed by atoms with Crippen LogP contribution in [0.25, 0.3) is 0 Å². The van der Waals surface area contributed by atoms with Gasteiger partial charge in [-0.1, -0.05) is 6.07 Å². The van der Waals surface area contributed by atoms with Crippen molar-refractivity contribution < 1.29 is 9.53 Å². The lowest BCUT2D eigenvalue weighted by Gasteiger charge is -2.32. The van der Waals surface area contributed by atoms with E-state index >= 15 is 0 Å². The van der Waals surface area contributed by atoms with Gasteiger partial charge in [-0.05, 0) is 59.5 Å². The second-order valence-electron chi connectivity index (χ2n) is 4.73. The summed E-state index contributed by atoms with van der Waals surface area (Å²) in [6.45, 7) is 2.43. The number of hydrogen-bond donors (Lipinski definition) is 0. The molecule has 1 fully saturated rings. The number of ether oxygens (including phenoxy) is 1. The van der Waals surface area contributed by atoms with Crippen molar-refractivity contribution >= 4 is 28.5 Å². The van der Waals surface area contributed by atoms with Crippen LogP contribution in [0, 0.1) is 9.49 Å². The molecule has 0 radical (unpaired) electrons. The van der Waals surface area contributed by atoms with Gasteiger partial charge >= 0.3 is 0 Å². The van der Waals surface area contributed by atoms with E-state index < -0.39 is 0 Å². The van der Waals surface area contributed by atoms with Crippen LogP contribution >= 0.6 is 22.6 Å². The number of nitrogens with zero attached hydrogens (tertiary/aromatic N) is 1. The molecule has 1 aliphatic rings. The molecule has 3 nitrogen and oxygen atoms in total. The predicted molar refractivity (Wildman–Crippen MR) is 79.7 cm³/mol. The van der Waals surface area contributed by atoms with Crippen molar-refractivity contribution in [2.24, 2.45) is 5.92 Å². The maximum Gasteiger partial charge on any atom is 0.253 e. The zero-order valence-electron chi connectivity index (χ0n) is 10.6. The molecule has 1 saturated heterocycles. The molecule has 1 aliphatic heterocycles. The molecular formula is C14H18INO2. The topological polar surface area (TPSA) is 29.5 Å². The Kier molecular flexibility index (Phi) is 5.00. The zero-order chi connectivity index (χ0) is 13.0. The van der Waals surface area contributed by atoms with Crippen molar-refractivity contribution in [2.45, 2.75) is 12.8 Å². The average molecular weight is 359 g/mol. The minimum atomic E-state index is 0.148. The van der Waals surface area contributed by atoms with E-state index in [1.165, 1.54) is 0 Å². The van der Waals surface area contributed by atoms with Gasteiger partial charge in [0.1, 0.15) is 0 Å². The molecule has 1 atom stereocenters. The molecule has 4 heteroatoms. The van der Waals surface area contributed by atoms with E-state index in [9.17, 15) is 4.79 Å². The lowest BCUT2D eigenvalue weighted by molar-refractivity contribution is 0.0571. The Labute approximate surface area is 122 Å². The first-order valence-electron chi connectivity index (χ1n) is 6.24. The Morgan fingerprint density at radius 1 is 1.56 bits per heavy atom. The number of carbonyl (C=O) groups excluding carboxylic acids is 1. The van der Waals surface area contributed by atoms with Gasteiger partial charge in [0.15, 0.2) is 0 Å². The van der Waals surface area contributed by atoms with Gasteiger partial charge in [-0.15, -0.1) is 0 Å². The maximum atomic E-state index is 12.4. The first-order valence-corrected chi connectivity index (χ1v) is 7.32. The van der Waals surface area contributed by atoms with E-state index in [4.69, 9.17) is 4.74 Å². The predicted octanol–water partition coefficient (Wildman–Crippen LogP) is 2.79. The van der Waals surface area contributed by atoms with E-state index in [0.717, 1.165) is 41.7 Å². The highest BCUT2D eigenvalue weighted by atomic mass is 127. The molecule has 18 heavy (non-hydrogen) atoms. The SMILES string of the molecule is COCC1CCCN(C(=O)c2cccc(I)c2)C1. The van der Waals surface area contributed by atoms with Crippen LogP contribution in [0.2, 0.25) is 0 Å². The van der Waals surface area contributed by atoms with E-state index in [2.05, 4.69) is 22.6 Å². The molecule has 98 valence electrons. The van der Waals surface area contributed by atoms with Crippen LogP contribution < -0.4 is 0 Å². The van der Waals surface area contributed by atoms with Crippen molar-refractivity contribution in [3.8, 4) is 0 Å². The number of benzene rings is 1. The van der Waals surface area contributed by atoms with Crippen LogP contribution in [-0.4, -0.2) is 37.6 Å². The maximum absolute atomic E-state index is 12.4. The van der Waals surface area contributed by atoms with Crippen molar-refractivity contribution in [3.63, 3.8) is 0 Å². The second kappa shape index (κ2) is 6.52. The summed E-state index contributed by atoms with van der Waals surface area (Å²) in [4.78, 5) is 14.3. The Hall–Kier alpha value is -0.620. The van der Waals surface area contributed by atoms with Gasteiger partial charge in [-0.2, -0.15) is 0 Å². The lowest BCUT2D eigenvalue weighted by atomic mass is 9.98. The summed E-state index contributed by atoms with van der Waals surface area (Å²) < 4.78 is 6.30. The molecule has 0 aliphatic carbocycles. The van der Waals surface area contributed by atoms with Crippen LogP contribution in [0.4, 0.5) is 0 Å². The Bertz CT molecular complexity index is 420. The molecule has 1 aromatic rings. The standard InChI is InChI=1S/C14H18INO2/c1-18-10-11-4-3-7-16(9-11)14(17)12-5-2-6-13(15)8-12/h2,5-6,8,11H,3-4,7,9-10H2,1H3. The molecule has 1 aromatic carbocycles. The summed E-state index contributed by atoms with van der Waals surface area (Å²) >= 11 is 2.24. The van der Waals surface area contributed by atoms with Crippen LogP contribution in [-0.2, 0) is 4.74 Å². The molecule has 2 rings (SSSR count). The summed E-state index contributed by atoms with van der Waals surface area (Å²) in [5.74, 6) is 0.629. The quantitative estimate of drug-likeness (QED) is 0.777. The van der Waals surface area contributed by atoms with Crippen LogP contribution in [0.15, 0.2) is 24.3 Å². The molecule has 0 aromatic heterocycles. The second-order valence-corrected chi connectivity index (χ2v) is 5.97. The number of carbonyl (C=O) groups is 1. The van der Waals surface area contributed by atoms with Crippen molar-refractivity contribution in [1.29, 1.82) is 0 Å². The zero-order valence-corrected chi connectivity index (χ0v) is 12.7. The first-order chi connectivity index (χ1) is 8.70. The monoisotopic (exact) mass is 359 g/mol. The number of likely N-dealkylation sites (tertiary alicyclic amines) is 1. The van der Waals surface area contributed by atoms with E-state index in [-0.39, 0.29) is 5.91 Å². The Morgan fingerprint density at radius 2 is 2.39 bits per heavy atom. The Balaban J connectivity index is 2.04. The largest absolute Gasteiger partial charge is 0.384 e. The molecule has 0 spiro atoms. The Morgan fingerprint density at radius 3 is 3.11 bits per heavy atom. The number of rotatable bonds is 3. The summed E-state index contributed by atoms with van der Waals surface area (Å²) in [5.41, 5.74) is 0.792. The molecule has 1 amide bonds. The van der Waals surface area contributed by atoms with Crippen LogP contribution in [0.1, 0.15) is 23.2 Å². The van der Waals surface area contributed by atoms with Gasteiger partial charge in [0.2, 0.25) is 0 Å². The third-order valence-electron chi connectivity index (χ3n) is 3.28. The fourth-order valence-corrected chi connectivity index (χ4v) is 2.97. The fraction of sp³-hybridized carbons (Fsp3) is 0.500. The van der Waals surface area contributed by atoms with Gasteiger partial charge in [0.05, 0.1) is 6.61 Å². The summed E-state index contributed by atoms with van der Waals surface area (Å²) in [5, 5.41) is 0. The van der Waals surface area contributed by atoms with Crippen molar-refractivity contribution in [2.75, 3.05) is 26.8 Å². The smallest absolute Gasteiger partial charge is 0.253 e. The third-order valence-corrected chi connectivity index (χ3v) is 3.95. The third kappa shape index (κ3) is 3.45. The molecule has 1 unspecified atom stereocenters. The van der Waals surface area contributed by atoms with Gasteiger partial charge in [-0.3, -0.25) is 4.79 Å². The summed E-state index contributed by atoms with van der Waals surface area (Å²) in [6.07, 6.45) is 2.23. The van der Waals surface area contributed by atoms with Gasteiger partial charge < -0.3 is 9.64 Å². The van der Waals surface area contributed by atoms with Gasteiger partial charge in [0.25, 0.3) is 5.91 Å². The highest BCUT2D eigenvalue weighted by Gasteiger charge is 2.24. The normalized spacial score (nSPS) is 19.9. The van der Waals surface area contributed by atoms with Gasteiger partial charge in [0, 0.05) is 29.3 Å². The van der Waals surface area contributed by atoms with Crippen molar-refractivity contribution in [3.05, 3.63) is 33.4 Å². The first kappa shape index (κ1) is 13.8. The molecule has 0 bridgehead atoms. The highest BCUT2D eigenvalue weighted by molar-refractivity contribution is 14.1. The van der Waals surface area contributed by atoms with E-state index in [1.54, 1.807) is 7.11 Å². The van der Waals surface area contributed by atoms with Crippen molar-refractivity contribution in [1.82, 2.24) is 4.90 Å². The highest BCUT2D eigenvalue weighted by Crippen LogP contribution is 2.19. The molecule has 0 saturated carbocycles. The number of hydrogen-bond acceptors (Lipinski definition) is 2. The number of methoxy groups -OCH3 is 1. The minimum absolute atomic E-state index is 0.148. The van der Waals surface area contributed by atoms with E-state index in [1.807, 2.05) is 29.2 Å². The molecule has 1 heterocycles. The summed E-state index contributed by atoms with van der Waals surface area (Å²) in [7, 11) is 1.72. The summed E-state index contributed by atoms with van der Waals surface area (Å²) in [6, 6.07) is 7.78. The van der Waals surface area contributed by atoms with E-state index in [0.29, 0.717) is 5.92 Å².